The van der Waals surface area contributed by atoms with Gasteiger partial charge in [-0.3, -0.25) is 0 Å². The zero-order valence-electron chi connectivity index (χ0n) is 12.3. The van der Waals surface area contributed by atoms with Gasteiger partial charge in [-0.2, -0.15) is 0 Å². The normalized spacial score (nSPS) is 12.1. The van der Waals surface area contributed by atoms with E-state index in [4.69, 9.17) is 9.47 Å². The number of hydrogen-bond donors (Lipinski definition) is 1. The smallest absolute Gasteiger partial charge is 0.340 e. The van der Waals surface area contributed by atoms with Crippen molar-refractivity contribution < 1.29 is 19.4 Å². The lowest BCUT2D eigenvalue weighted by atomic mass is 10.2. The maximum atomic E-state index is 11.9. The quantitative estimate of drug-likeness (QED) is 0.423. The monoisotopic (exact) mass is 280 g/mol. The second-order valence-corrected chi connectivity index (χ2v) is 4.72. The highest BCUT2D eigenvalue weighted by atomic mass is 16.7. The van der Waals surface area contributed by atoms with Crippen molar-refractivity contribution in [2.24, 2.45) is 0 Å². The molecule has 1 N–H and O–H groups in total. The van der Waals surface area contributed by atoms with Crippen LogP contribution in [-0.4, -0.2) is 24.0 Å². The molecule has 1 atom stereocenters. The number of carbonyl (C=O) groups is 1. The molecule has 112 valence electrons. The third-order valence-electron chi connectivity index (χ3n) is 2.98. The van der Waals surface area contributed by atoms with Crippen molar-refractivity contribution in [3.63, 3.8) is 0 Å². The van der Waals surface area contributed by atoms with Gasteiger partial charge >= 0.3 is 5.97 Å². The van der Waals surface area contributed by atoms with Gasteiger partial charge in [0.2, 0.25) is 6.29 Å². The minimum Gasteiger partial charge on any atom is -0.508 e. The maximum absolute atomic E-state index is 11.9. The van der Waals surface area contributed by atoms with E-state index >= 15 is 0 Å². The minimum atomic E-state index is -0.502. The van der Waals surface area contributed by atoms with Crippen LogP contribution in [-0.2, 0) is 9.47 Å². The summed E-state index contributed by atoms with van der Waals surface area (Å²) in [5.41, 5.74) is 0.413. The van der Waals surface area contributed by atoms with Crippen LogP contribution in [0.4, 0.5) is 0 Å². The highest BCUT2D eigenvalue weighted by Gasteiger charge is 2.14. The third-order valence-corrected chi connectivity index (χ3v) is 2.98. The second-order valence-electron chi connectivity index (χ2n) is 4.72. The van der Waals surface area contributed by atoms with E-state index in [-0.39, 0.29) is 5.75 Å². The van der Waals surface area contributed by atoms with Gasteiger partial charge in [-0.05, 0) is 30.7 Å². The van der Waals surface area contributed by atoms with Crippen molar-refractivity contribution in [1.29, 1.82) is 0 Å². The fourth-order valence-corrected chi connectivity index (χ4v) is 1.76. The number of rotatable bonds is 9. The first-order chi connectivity index (χ1) is 9.67. The Labute approximate surface area is 120 Å². The molecular formula is C16H24O4. The summed E-state index contributed by atoms with van der Waals surface area (Å²) in [7, 11) is 0. The first-order valence-electron chi connectivity index (χ1n) is 7.29. The number of ether oxygens (including phenoxy) is 2. The Morgan fingerprint density at radius 2 is 1.85 bits per heavy atom. The highest BCUT2D eigenvalue weighted by Crippen LogP contribution is 2.13. The van der Waals surface area contributed by atoms with E-state index in [0.29, 0.717) is 18.6 Å². The van der Waals surface area contributed by atoms with Crippen LogP contribution in [0.15, 0.2) is 24.3 Å². The number of carbonyl (C=O) groups excluding carboxylic acids is 1. The number of aromatic hydroxyl groups is 1. The van der Waals surface area contributed by atoms with Crippen molar-refractivity contribution in [3.05, 3.63) is 29.8 Å². The van der Waals surface area contributed by atoms with Crippen molar-refractivity contribution in [3.8, 4) is 5.75 Å². The lowest BCUT2D eigenvalue weighted by Crippen LogP contribution is -2.21. The fourth-order valence-electron chi connectivity index (χ4n) is 1.76. The molecule has 0 fully saturated rings. The van der Waals surface area contributed by atoms with Crippen LogP contribution in [0, 0.1) is 0 Å². The van der Waals surface area contributed by atoms with Crippen molar-refractivity contribution in [1.82, 2.24) is 0 Å². The number of hydrogen-bond acceptors (Lipinski definition) is 4. The average Bonchev–Trinajstić information content (AvgIpc) is 2.46. The van der Waals surface area contributed by atoms with Crippen LogP contribution in [0.1, 0.15) is 56.3 Å². The van der Waals surface area contributed by atoms with E-state index in [0.717, 1.165) is 12.8 Å². The predicted molar refractivity (Wildman–Crippen MR) is 77.7 cm³/mol. The first-order valence-corrected chi connectivity index (χ1v) is 7.29. The zero-order chi connectivity index (χ0) is 14.8. The van der Waals surface area contributed by atoms with Gasteiger partial charge in [0.15, 0.2) is 0 Å². The Morgan fingerprint density at radius 1 is 1.15 bits per heavy atom. The van der Waals surface area contributed by atoms with Gasteiger partial charge in [0.1, 0.15) is 5.75 Å². The summed E-state index contributed by atoms with van der Waals surface area (Å²) in [4.78, 5) is 11.9. The van der Waals surface area contributed by atoms with Crippen LogP contribution in [0.3, 0.4) is 0 Å². The summed E-state index contributed by atoms with van der Waals surface area (Å²) in [5.74, 6) is -0.300. The summed E-state index contributed by atoms with van der Waals surface area (Å²) in [5, 5.41) is 9.18. The zero-order valence-corrected chi connectivity index (χ0v) is 12.3. The Morgan fingerprint density at radius 3 is 2.45 bits per heavy atom. The third kappa shape index (κ3) is 6.06. The van der Waals surface area contributed by atoms with E-state index in [1.807, 2.05) is 6.92 Å². The number of esters is 1. The lowest BCUT2D eigenvalue weighted by molar-refractivity contribution is -0.111. The van der Waals surface area contributed by atoms with Gasteiger partial charge in [-0.25, -0.2) is 4.79 Å². The van der Waals surface area contributed by atoms with Gasteiger partial charge in [0, 0.05) is 6.42 Å². The Balaban J connectivity index is 2.35. The lowest BCUT2D eigenvalue weighted by Gasteiger charge is -2.16. The van der Waals surface area contributed by atoms with Crippen LogP contribution in [0.2, 0.25) is 0 Å². The number of phenolic OH excluding ortho intramolecular Hbond substituents is 1. The summed E-state index contributed by atoms with van der Waals surface area (Å²) in [6, 6.07) is 5.99. The first kappa shape index (κ1) is 16.5. The summed E-state index contributed by atoms with van der Waals surface area (Å²) < 4.78 is 10.9. The molecule has 0 bridgehead atoms. The van der Waals surface area contributed by atoms with Gasteiger partial charge in [-0.1, -0.05) is 33.1 Å². The van der Waals surface area contributed by atoms with E-state index < -0.39 is 12.3 Å². The van der Waals surface area contributed by atoms with E-state index in [1.54, 1.807) is 0 Å². The molecule has 0 aromatic heterocycles. The van der Waals surface area contributed by atoms with Gasteiger partial charge in [0.05, 0.1) is 12.2 Å². The molecule has 0 radical (unpaired) electrons. The van der Waals surface area contributed by atoms with Gasteiger partial charge < -0.3 is 14.6 Å². The molecule has 0 aliphatic rings. The van der Waals surface area contributed by atoms with E-state index in [1.165, 1.54) is 37.1 Å². The standard InChI is InChI=1S/C16H24O4/c1-3-5-6-7-12-19-15(4-2)20-16(18)13-8-10-14(17)11-9-13/h8-11,15,17H,3-7,12H2,1-2H3. The van der Waals surface area contributed by atoms with Gasteiger partial charge in [-0.15, -0.1) is 0 Å². The molecule has 1 aromatic carbocycles. The van der Waals surface area contributed by atoms with E-state index in [2.05, 4.69) is 6.92 Å². The van der Waals surface area contributed by atoms with Crippen molar-refractivity contribution >= 4 is 5.97 Å². The molecule has 20 heavy (non-hydrogen) atoms. The van der Waals surface area contributed by atoms with Gasteiger partial charge in [0.25, 0.3) is 0 Å². The summed E-state index contributed by atoms with van der Waals surface area (Å²) in [6.45, 7) is 4.69. The molecule has 0 spiro atoms. The molecule has 0 aliphatic carbocycles. The molecular weight excluding hydrogens is 256 g/mol. The molecule has 0 saturated heterocycles. The number of phenols is 1. The van der Waals surface area contributed by atoms with E-state index in [9.17, 15) is 9.90 Å². The van der Waals surface area contributed by atoms with Crippen LogP contribution < -0.4 is 0 Å². The molecule has 0 saturated carbocycles. The summed E-state index contributed by atoms with van der Waals surface area (Å²) in [6.07, 6.45) is 4.64. The molecule has 4 heteroatoms. The molecule has 0 amide bonds. The molecule has 1 rings (SSSR count). The maximum Gasteiger partial charge on any atom is 0.340 e. The van der Waals surface area contributed by atoms with Crippen LogP contribution in [0.25, 0.3) is 0 Å². The second kappa shape index (κ2) is 9.37. The molecule has 0 aliphatic heterocycles. The largest absolute Gasteiger partial charge is 0.508 e. The topological polar surface area (TPSA) is 55.8 Å². The SMILES string of the molecule is CCCCCCOC(CC)OC(=O)c1ccc(O)cc1. The fraction of sp³-hybridized carbons (Fsp3) is 0.562. The Kier molecular flexibility index (Phi) is 7.73. The van der Waals surface area contributed by atoms with Crippen molar-refractivity contribution in [2.75, 3.05) is 6.61 Å². The Hall–Kier alpha value is -1.55. The molecule has 0 heterocycles. The number of benzene rings is 1. The molecule has 1 unspecified atom stereocenters. The average molecular weight is 280 g/mol. The van der Waals surface area contributed by atoms with Crippen LogP contribution in [0.5, 0.6) is 5.75 Å². The number of unbranched alkanes of at least 4 members (excludes halogenated alkanes) is 3. The highest BCUT2D eigenvalue weighted by molar-refractivity contribution is 5.89. The molecule has 1 aromatic rings. The summed E-state index contributed by atoms with van der Waals surface area (Å²) >= 11 is 0. The van der Waals surface area contributed by atoms with Crippen LogP contribution >= 0.6 is 0 Å². The Bertz CT molecular complexity index is 386. The molecule has 4 nitrogen and oxygen atoms in total. The minimum absolute atomic E-state index is 0.126. The predicted octanol–water partition coefficient (Wildman–Crippen LogP) is 3.88. The van der Waals surface area contributed by atoms with Crippen molar-refractivity contribution in [2.45, 2.75) is 52.2 Å².